The van der Waals surface area contributed by atoms with E-state index < -0.39 is 41.9 Å². The van der Waals surface area contributed by atoms with Crippen molar-refractivity contribution < 1.29 is 29.3 Å². The largest absolute Gasteiger partial charge is 0.497 e. The number of benzene rings is 2. The number of carbonyl (C=O) groups is 3. The van der Waals surface area contributed by atoms with Gasteiger partial charge in [0.1, 0.15) is 23.8 Å². The second-order valence-electron chi connectivity index (χ2n) is 6.80. The fourth-order valence-electron chi connectivity index (χ4n) is 3.40. The number of hydrogen-bond donors (Lipinski definition) is 3. The van der Waals surface area contributed by atoms with E-state index in [1.54, 1.807) is 31.2 Å². The maximum atomic E-state index is 12.6. The van der Waals surface area contributed by atoms with Crippen molar-refractivity contribution in [2.75, 3.05) is 12.0 Å². The van der Waals surface area contributed by atoms with Gasteiger partial charge in [0, 0.05) is 5.69 Å². The second kappa shape index (κ2) is 8.32. The number of aliphatic hydroxyl groups is 1. The van der Waals surface area contributed by atoms with Gasteiger partial charge >= 0.3 is 5.97 Å². The van der Waals surface area contributed by atoms with Crippen LogP contribution in [-0.4, -0.2) is 47.3 Å². The summed E-state index contributed by atoms with van der Waals surface area (Å²) in [6.07, 6.45) is -1.77. The van der Waals surface area contributed by atoms with E-state index in [-0.39, 0.29) is 0 Å². The molecule has 152 valence electrons. The van der Waals surface area contributed by atoms with E-state index in [9.17, 15) is 24.6 Å². The molecule has 0 radical (unpaired) electrons. The zero-order valence-electron chi connectivity index (χ0n) is 16.0. The van der Waals surface area contributed by atoms with Crippen LogP contribution in [0.5, 0.6) is 5.75 Å². The molecular weight excluding hydrogens is 376 g/mol. The van der Waals surface area contributed by atoms with Gasteiger partial charge in [0.25, 0.3) is 0 Å². The van der Waals surface area contributed by atoms with Crippen LogP contribution in [0.1, 0.15) is 18.5 Å². The van der Waals surface area contributed by atoms with Gasteiger partial charge in [-0.05, 0) is 36.8 Å². The standard InChI is InChI=1S/C21H22N2O6/c1-12(13-6-4-3-5-7-13)22-19(25)18(24)16-17(21(27)28)23(20(16)26)14-8-10-15(29-2)11-9-14/h3-12,16-18,24H,1-2H3,(H,22,25)(H,27,28)/t12-,16+,17+,18+/m0/s1. The molecule has 2 aromatic rings. The van der Waals surface area contributed by atoms with Crippen molar-refractivity contribution >= 4 is 23.5 Å². The lowest BCUT2D eigenvalue weighted by Crippen LogP contribution is -2.69. The van der Waals surface area contributed by atoms with Crippen LogP contribution in [0.25, 0.3) is 0 Å². The molecule has 0 saturated carbocycles. The highest BCUT2D eigenvalue weighted by Crippen LogP contribution is 2.36. The van der Waals surface area contributed by atoms with E-state index in [4.69, 9.17) is 4.74 Å². The third kappa shape index (κ3) is 3.93. The average Bonchev–Trinajstić information content (AvgIpc) is 2.72. The lowest BCUT2D eigenvalue weighted by Gasteiger charge is -2.45. The zero-order valence-corrected chi connectivity index (χ0v) is 16.0. The number of amides is 2. The lowest BCUT2D eigenvalue weighted by atomic mass is 9.81. The molecule has 0 aromatic heterocycles. The first kappa shape index (κ1) is 20.3. The summed E-state index contributed by atoms with van der Waals surface area (Å²) in [7, 11) is 1.49. The number of nitrogens with zero attached hydrogens (tertiary/aromatic N) is 1. The Bertz CT molecular complexity index is 899. The summed E-state index contributed by atoms with van der Waals surface area (Å²) in [6.45, 7) is 1.74. The number of carbonyl (C=O) groups excluding carboxylic acids is 2. The van der Waals surface area contributed by atoms with Gasteiger partial charge in [0.05, 0.1) is 13.2 Å². The predicted molar refractivity (Wildman–Crippen MR) is 104 cm³/mol. The van der Waals surface area contributed by atoms with Crippen LogP contribution in [-0.2, 0) is 14.4 Å². The molecule has 0 aliphatic carbocycles. The van der Waals surface area contributed by atoms with Gasteiger partial charge in [-0.15, -0.1) is 0 Å². The van der Waals surface area contributed by atoms with E-state index in [1.165, 1.54) is 7.11 Å². The lowest BCUT2D eigenvalue weighted by molar-refractivity contribution is -0.156. The summed E-state index contributed by atoms with van der Waals surface area (Å²) in [5.74, 6) is -3.52. The van der Waals surface area contributed by atoms with Crippen molar-refractivity contribution in [2.45, 2.75) is 25.1 Å². The second-order valence-corrected chi connectivity index (χ2v) is 6.80. The number of hydrogen-bond acceptors (Lipinski definition) is 5. The summed E-state index contributed by atoms with van der Waals surface area (Å²) < 4.78 is 5.05. The van der Waals surface area contributed by atoms with Crippen molar-refractivity contribution in [3.8, 4) is 5.75 Å². The normalized spacial score (nSPS) is 20.4. The summed E-state index contributed by atoms with van der Waals surface area (Å²) >= 11 is 0. The van der Waals surface area contributed by atoms with Crippen molar-refractivity contribution in [2.24, 2.45) is 5.92 Å². The maximum absolute atomic E-state index is 12.6. The molecule has 1 aliphatic rings. The van der Waals surface area contributed by atoms with Gasteiger partial charge in [0.2, 0.25) is 11.8 Å². The molecule has 2 aromatic carbocycles. The summed E-state index contributed by atoms with van der Waals surface area (Å²) in [6, 6.07) is 13.6. The first-order valence-corrected chi connectivity index (χ1v) is 9.08. The fraction of sp³-hybridized carbons (Fsp3) is 0.286. The van der Waals surface area contributed by atoms with Crippen LogP contribution in [0, 0.1) is 5.92 Å². The summed E-state index contributed by atoms with van der Waals surface area (Å²) in [4.78, 5) is 37.9. The highest BCUT2D eigenvalue weighted by Gasteiger charge is 2.57. The van der Waals surface area contributed by atoms with Crippen molar-refractivity contribution in [3.05, 3.63) is 60.2 Å². The Kier molecular flexibility index (Phi) is 5.84. The molecule has 29 heavy (non-hydrogen) atoms. The number of carboxylic acid groups (broad SMARTS) is 1. The molecule has 8 heteroatoms. The molecule has 1 aliphatic heterocycles. The minimum atomic E-state index is -1.77. The molecule has 0 bridgehead atoms. The molecule has 2 amide bonds. The number of aliphatic carboxylic acids is 1. The third-order valence-corrected chi connectivity index (χ3v) is 5.01. The van der Waals surface area contributed by atoms with Crippen molar-refractivity contribution in [1.29, 1.82) is 0 Å². The molecule has 3 rings (SSSR count). The number of carboxylic acids is 1. The Morgan fingerprint density at radius 2 is 1.72 bits per heavy atom. The zero-order chi connectivity index (χ0) is 21.1. The predicted octanol–water partition coefficient (Wildman–Crippen LogP) is 1.35. The molecule has 0 spiro atoms. The minimum absolute atomic E-state index is 0.352. The first-order chi connectivity index (χ1) is 13.8. The van der Waals surface area contributed by atoms with Gasteiger partial charge in [-0.2, -0.15) is 0 Å². The fourth-order valence-corrected chi connectivity index (χ4v) is 3.40. The summed E-state index contributed by atoms with van der Waals surface area (Å²) in [5, 5.41) is 22.6. The number of rotatable bonds is 7. The van der Waals surface area contributed by atoms with Crippen LogP contribution in [0.15, 0.2) is 54.6 Å². The number of ether oxygens (including phenoxy) is 1. The first-order valence-electron chi connectivity index (χ1n) is 9.08. The Hall–Kier alpha value is -3.39. The Balaban J connectivity index is 1.74. The average molecular weight is 398 g/mol. The number of anilines is 1. The molecule has 1 saturated heterocycles. The molecule has 8 nitrogen and oxygen atoms in total. The number of methoxy groups -OCH3 is 1. The minimum Gasteiger partial charge on any atom is -0.497 e. The van der Waals surface area contributed by atoms with Gasteiger partial charge in [0.15, 0.2) is 0 Å². The molecule has 3 N–H and O–H groups in total. The SMILES string of the molecule is COc1ccc(N2C(=O)[C@@H]([C@@H](O)C(=O)N[C@@H](C)c3ccccc3)[C@@H]2C(=O)O)cc1. The quantitative estimate of drug-likeness (QED) is 0.607. The van der Waals surface area contributed by atoms with Crippen LogP contribution in [0.2, 0.25) is 0 Å². The van der Waals surface area contributed by atoms with E-state index in [2.05, 4.69) is 5.32 Å². The number of nitrogens with one attached hydrogen (secondary N) is 1. The van der Waals surface area contributed by atoms with E-state index >= 15 is 0 Å². The number of aliphatic hydroxyl groups excluding tert-OH is 1. The van der Waals surface area contributed by atoms with Crippen LogP contribution < -0.4 is 15.0 Å². The van der Waals surface area contributed by atoms with Gasteiger partial charge in [-0.3, -0.25) is 14.5 Å². The monoisotopic (exact) mass is 398 g/mol. The van der Waals surface area contributed by atoms with E-state index in [0.29, 0.717) is 11.4 Å². The summed E-state index contributed by atoms with van der Waals surface area (Å²) in [5.41, 5.74) is 1.17. The molecule has 4 atom stereocenters. The van der Waals surface area contributed by atoms with Crippen LogP contribution >= 0.6 is 0 Å². The van der Waals surface area contributed by atoms with Gasteiger partial charge in [-0.25, -0.2) is 4.79 Å². The highest BCUT2D eigenvalue weighted by atomic mass is 16.5. The third-order valence-electron chi connectivity index (χ3n) is 5.01. The Morgan fingerprint density at radius 3 is 2.28 bits per heavy atom. The number of β-lactam (4-membered cyclic amide) rings is 1. The maximum Gasteiger partial charge on any atom is 0.327 e. The Morgan fingerprint density at radius 1 is 1.10 bits per heavy atom. The van der Waals surface area contributed by atoms with Crippen LogP contribution in [0.4, 0.5) is 5.69 Å². The van der Waals surface area contributed by atoms with Crippen LogP contribution in [0.3, 0.4) is 0 Å². The van der Waals surface area contributed by atoms with E-state index in [1.807, 2.05) is 30.3 Å². The topological polar surface area (TPSA) is 116 Å². The molecule has 0 unspecified atom stereocenters. The molecule has 1 fully saturated rings. The van der Waals surface area contributed by atoms with Gasteiger partial charge < -0.3 is 20.3 Å². The Labute approximate surface area is 167 Å². The highest BCUT2D eigenvalue weighted by molar-refractivity contribution is 6.12. The smallest absolute Gasteiger partial charge is 0.327 e. The van der Waals surface area contributed by atoms with Crippen molar-refractivity contribution in [3.63, 3.8) is 0 Å². The molecular formula is C21H22N2O6. The van der Waals surface area contributed by atoms with E-state index in [0.717, 1.165) is 10.5 Å². The van der Waals surface area contributed by atoms with Crippen molar-refractivity contribution in [1.82, 2.24) is 5.32 Å². The van der Waals surface area contributed by atoms with Gasteiger partial charge in [-0.1, -0.05) is 30.3 Å². The molecule has 1 heterocycles.